The molecular weight excluding hydrogens is 386 g/mol. The van der Waals surface area contributed by atoms with E-state index in [-0.39, 0.29) is 36.7 Å². The van der Waals surface area contributed by atoms with E-state index in [4.69, 9.17) is 10.2 Å². The number of fused-ring (bicyclic) bond motifs is 1. The van der Waals surface area contributed by atoms with Crippen LogP contribution in [0.1, 0.15) is 39.2 Å². The van der Waals surface area contributed by atoms with Gasteiger partial charge in [-0.1, -0.05) is 39.0 Å². The number of phenolic OH excluding ortho intramolecular Hbond substituents is 2. The van der Waals surface area contributed by atoms with E-state index in [1.807, 2.05) is 18.2 Å². The topological polar surface area (TPSA) is 127 Å². The number of hydrogen-bond donors (Lipinski definition) is 5. The molecular formula is C20H30ClNO6. The molecule has 0 aliphatic heterocycles. The third-order valence-corrected chi connectivity index (χ3v) is 3.45. The molecule has 0 aliphatic carbocycles. The summed E-state index contributed by atoms with van der Waals surface area (Å²) in [6, 6.07) is 8.91. The van der Waals surface area contributed by atoms with Crippen molar-refractivity contribution in [1.29, 1.82) is 0 Å². The number of halogens is 1. The molecule has 2 aromatic rings. The van der Waals surface area contributed by atoms with E-state index >= 15 is 0 Å². The Labute approximate surface area is 171 Å². The van der Waals surface area contributed by atoms with Gasteiger partial charge in [-0.2, -0.15) is 0 Å². The number of nitrogens with one attached hydrogen (secondary N) is 1. The first-order valence-corrected chi connectivity index (χ1v) is 8.84. The van der Waals surface area contributed by atoms with Gasteiger partial charge in [0.2, 0.25) is 0 Å². The highest BCUT2D eigenvalue weighted by Crippen LogP contribution is 2.32. The van der Waals surface area contributed by atoms with Crippen LogP contribution in [-0.4, -0.2) is 45.5 Å². The number of rotatable bonds is 6. The van der Waals surface area contributed by atoms with Crippen LogP contribution < -0.4 is 5.32 Å². The van der Waals surface area contributed by atoms with Crippen LogP contribution in [0.15, 0.2) is 30.3 Å². The van der Waals surface area contributed by atoms with Crippen LogP contribution in [0.25, 0.3) is 10.8 Å². The van der Waals surface area contributed by atoms with E-state index in [0.717, 1.165) is 35.8 Å². The molecule has 7 nitrogen and oxygen atoms in total. The molecule has 2 aromatic carbocycles. The Balaban J connectivity index is 0. The molecule has 28 heavy (non-hydrogen) atoms. The molecule has 5 N–H and O–H groups in total. The summed E-state index contributed by atoms with van der Waals surface area (Å²) in [5.41, 5.74) is 1.10. The van der Waals surface area contributed by atoms with Crippen molar-refractivity contribution < 1.29 is 30.0 Å². The Morgan fingerprint density at radius 1 is 0.964 bits per heavy atom. The van der Waals surface area contributed by atoms with Crippen molar-refractivity contribution in [3.63, 3.8) is 0 Å². The molecule has 0 fully saturated rings. The lowest BCUT2D eigenvalue weighted by Gasteiger charge is -2.09. The summed E-state index contributed by atoms with van der Waals surface area (Å²) < 4.78 is 0. The highest BCUT2D eigenvalue weighted by atomic mass is 35.5. The number of carboxylic acids is 2. The monoisotopic (exact) mass is 415 g/mol. The second-order valence-corrected chi connectivity index (χ2v) is 5.58. The normalized spacial score (nSPS) is 9.25. The summed E-state index contributed by atoms with van der Waals surface area (Å²) in [5, 5.41) is 39.8. The Kier molecular flexibility index (Phi) is 15.4. The number of aliphatic carboxylic acids is 2. The van der Waals surface area contributed by atoms with Gasteiger partial charge in [-0.3, -0.25) is 9.59 Å². The fourth-order valence-corrected chi connectivity index (χ4v) is 2.07. The third kappa shape index (κ3) is 11.3. The Morgan fingerprint density at radius 2 is 1.50 bits per heavy atom. The van der Waals surface area contributed by atoms with E-state index in [9.17, 15) is 19.8 Å². The largest absolute Gasteiger partial charge is 0.508 e. The van der Waals surface area contributed by atoms with Crippen LogP contribution in [0, 0.1) is 0 Å². The van der Waals surface area contributed by atoms with Gasteiger partial charge in [0.25, 0.3) is 0 Å². The molecule has 0 amide bonds. The highest BCUT2D eigenvalue weighted by molar-refractivity contribution is 5.92. The molecule has 0 unspecified atom stereocenters. The van der Waals surface area contributed by atoms with E-state index in [2.05, 4.69) is 12.2 Å². The minimum atomic E-state index is -0.745. The number of phenols is 2. The van der Waals surface area contributed by atoms with Crippen LogP contribution in [0.4, 0.5) is 0 Å². The van der Waals surface area contributed by atoms with Crippen molar-refractivity contribution in [2.24, 2.45) is 0 Å². The summed E-state index contributed by atoms with van der Waals surface area (Å²) in [6.07, 6.45) is 1.31. The van der Waals surface area contributed by atoms with Gasteiger partial charge in [-0.25, -0.2) is 0 Å². The van der Waals surface area contributed by atoms with E-state index in [0.29, 0.717) is 0 Å². The maximum atomic E-state index is 9.91. The van der Waals surface area contributed by atoms with Gasteiger partial charge < -0.3 is 25.7 Å². The summed E-state index contributed by atoms with van der Waals surface area (Å²) in [5.74, 6) is -1.25. The predicted octanol–water partition coefficient (Wildman–Crippen LogP) is 3.79. The van der Waals surface area contributed by atoms with Gasteiger partial charge in [0.1, 0.15) is 11.5 Å². The second kappa shape index (κ2) is 15.5. The van der Waals surface area contributed by atoms with Crippen molar-refractivity contribution in [2.45, 2.75) is 40.0 Å². The van der Waals surface area contributed by atoms with Crippen molar-refractivity contribution >= 4 is 35.1 Å². The van der Waals surface area contributed by atoms with Crippen molar-refractivity contribution in [3.05, 3.63) is 35.9 Å². The first-order chi connectivity index (χ1) is 12.8. The Hall–Kier alpha value is -2.51. The molecule has 2 rings (SSSR count). The molecule has 0 radical (unpaired) electrons. The quantitative estimate of drug-likeness (QED) is 0.454. The van der Waals surface area contributed by atoms with Crippen molar-refractivity contribution in [1.82, 2.24) is 5.32 Å². The summed E-state index contributed by atoms with van der Waals surface area (Å²) in [7, 11) is 0. The van der Waals surface area contributed by atoms with Gasteiger partial charge in [0, 0.05) is 24.3 Å². The molecule has 0 atom stereocenters. The molecule has 0 saturated carbocycles. The zero-order valence-electron chi connectivity index (χ0n) is 16.4. The van der Waals surface area contributed by atoms with Gasteiger partial charge >= 0.3 is 11.9 Å². The maximum Gasteiger partial charge on any atom is 0.303 e. The smallest absolute Gasteiger partial charge is 0.303 e. The number of carboxylic acid groups (broad SMARTS) is 2. The lowest BCUT2D eigenvalue weighted by atomic mass is 10.0. The lowest BCUT2D eigenvalue weighted by molar-refractivity contribution is -0.137. The Morgan fingerprint density at radius 3 is 1.96 bits per heavy atom. The SMILES string of the molecule is CCC(=O)O.CCC(=O)O.CCNCCc1cccc2cc(O)cc(O)c12.Cl. The van der Waals surface area contributed by atoms with Gasteiger partial charge in [0.15, 0.2) is 0 Å². The standard InChI is InChI=1S/C14H17NO2.2C3H6O2.ClH/c1-2-15-7-6-10-4-3-5-11-8-12(16)9-13(17)14(10)11;2*1-2-3(4)5;/h3-5,8-9,15-17H,2,6-7H2,1H3;2*2H2,1H3,(H,4,5);1H. The number of aromatic hydroxyl groups is 2. The first-order valence-electron chi connectivity index (χ1n) is 8.84. The maximum absolute atomic E-state index is 9.91. The zero-order valence-corrected chi connectivity index (χ0v) is 17.3. The van der Waals surface area contributed by atoms with Gasteiger partial charge in [0.05, 0.1) is 0 Å². The zero-order chi connectivity index (χ0) is 20.8. The number of carbonyl (C=O) groups is 2. The minimum Gasteiger partial charge on any atom is -0.508 e. The van der Waals surface area contributed by atoms with Crippen LogP contribution in [-0.2, 0) is 16.0 Å². The molecule has 0 spiro atoms. The first kappa shape index (κ1) is 27.7. The Bertz CT molecular complexity index is 722. The second-order valence-electron chi connectivity index (χ2n) is 5.58. The molecule has 0 aliphatic rings. The van der Waals surface area contributed by atoms with Gasteiger partial charge in [-0.05, 0) is 36.5 Å². The van der Waals surface area contributed by atoms with Crippen molar-refractivity contribution in [2.75, 3.05) is 13.1 Å². The van der Waals surface area contributed by atoms with E-state index in [1.54, 1.807) is 19.9 Å². The van der Waals surface area contributed by atoms with E-state index < -0.39 is 11.9 Å². The molecule has 0 aromatic heterocycles. The van der Waals surface area contributed by atoms with E-state index in [1.165, 1.54) is 6.07 Å². The predicted molar refractivity (Wildman–Crippen MR) is 113 cm³/mol. The number of benzene rings is 2. The molecule has 158 valence electrons. The fourth-order valence-electron chi connectivity index (χ4n) is 2.07. The van der Waals surface area contributed by atoms with Crippen LogP contribution in [0.3, 0.4) is 0 Å². The summed E-state index contributed by atoms with van der Waals surface area (Å²) >= 11 is 0. The summed E-state index contributed by atoms with van der Waals surface area (Å²) in [4.78, 5) is 18.7. The highest BCUT2D eigenvalue weighted by Gasteiger charge is 2.07. The average molecular weight is 416 g/mol. The number of hydrogen-bond acceptors (Lipinski definition) is 5. The molecule has 0 bridgehead atoms. The summed E-state index contributed by atoms with van der Waals surface area (Å²) in [6.45, 7) is 7.09. The molecule has 8 heteroatoms. The number of likely N-dealkylation sites (N-methyl/N-ethyl adjacent to an activating group) is 1. The minimum absolute atomic E-state index is 0. The van der Waals surface area contributed by atoms with Gasteiger partial charge in [-0.15, -0.1) is 12.4 Å². The third-order valence-electron chi connectivity index (χ3n) is 3.45. The fraction of sp³-hybridized carbons (Fsp3) is 0.400. The van der Waals surface area contributed by atoms with Crippen LogP contribution in [0.2, 0.25) is 0 Å². The molecule has 0 saturated heterocycles. The van der Waals surface area contributed by atoms with Crippen LogP contribution in [0.5, 0.6) is 11.5 Å². The van der Waals surface area contributed by atoms with Crippen molar-refractivity contribution in [3.8, 4) is 11.5 Å². The van der Waals surface area contributed by atoms with Crippen LogP contribution >= 0.6 is 12.4 Å². The lowest BCUT2D eigenvalue weighted by Crippen LogP contribution is -2.16. The molecule has 0 heterocycles. The average Bonchev–Trinajstić information content (AvgIpc) is 2.62.